The highest BCUT2D eigenvalue weighted by molar-refractivity contribution is 7.92. The lowest BCUT2D eigenvalue weighted by Crippen LogP contribution is -2.55. The van der Waals surface area contributed by atoms with Crippen molar-refractivity contribution in [2.75, 3.05) is 18.0 Å². The van der Waals surface area contributed by atoms with Crippen LogP contribution in [-0.2, 0) is 14.8 Å². The summed E-state index contributed by atoms with van der Waals surface area (Å²) in [5.74, 6) is 0.568. The predicted octanol–water partition coefficient (Wildman–Crippen LogP) is 3.98. The molecule has 0 spiro atoms. The number of ether oxygens (including phenoxy) is 2. The zero-order valence-corrected chi connectivity index (χ0v) is 20.3. The van der Waals surface area contributed by atoms with Crippen LogP contribution < -0.4 is 19.1 Å². The van der Waals surface area contributed by atoms with Gasteiger partial charge in [-0.15, -0.1) is 0 Å². The number of hydrogen-bond acceptors (Lipinski definition) is 5. The van der Waals surface area contributed by atoms with E-state index in [4.69, 9.17) is 9.47 Å². The van der Waals surface area contributed by atoms with E-state index in [1.165, 1.54) is 23.5 Å². The number of fused-ring (bicyclic) bond motifs is 1. The van der Waals surface area contributed by atoms with E-state index >= 15 is 0 Å². The standard InChI is InChI=1S/C24H32N2O5S/c1-23(2,3)16-24(4,5)25-22(27)21-15-26(19-9-7-8-10-20(19)31-21)32(28,29)18-13-11-17(30-6)12-14-18/h7-14,21H,15-16H2,1-6H3,(H,25,27)/t21-/m1/s1. The molecule has 0 saturated carbocycles. The number of carbonyl (C=O) groups is 1. The lowest BCUT2D eigenvalue weighted by Gasteiger charge is -2.38. The third kappa shape index (κ3) is 5.35. The van der Waals surface area contributed by atoms with E-state index in [-0.39, 0.29) is 22.8 Å². The van der Waals surface area contributed by atoms with Crippen LogP contribution in [0.5, 0.6) is 11.5 Å². The first-order valence-corrected chi connectivity index (χ1v) is 12.0. The first-order valence-electron chi connectivity index (χ1n) is 10.6. The van der Waals surface area contributed by atoms with Gasteiger partial charge in [-0.3, -0.25) is 9.10 Å². The molecule has 0 aromatic heterocycles. The molecular formula is C24H32N2O5S. The Morgan fingerprint density at radius 1 is 1.09 bits per heavy atom. The molecule has 0 bridgehead atoms. The fraction of sp³-hybridized carbons (Fsp3) is 0.458. The highest BCUT2D eigenvalue weighted by atomic mass is 32.2. The van der Waals surface area contributed by atoms with Crippen molar-refractivity contribution in [3.05, 3.63) is 48.5 Å². The fourth-order valence-corrected chi connectivity index (χ4v) is 5.70. The Labute approximate surface area is 190 Å². The van der Waals surface area contributed by atoms with Gasteiger partial charge in [0.15, 0.2) is 6.10 Å². The van der Waals surface area contributed by atoms with Gasteiger partial charge in [-0.25, -0.2) is 8.42 Å². The molecule has 3 rings (SSSR count). The fourth-order valence-electron chi connectivity index (χ4n) is 4.23. The number of nitrogens with one attached hydrogen (secondary N) is 1. The minimum absolute atomic E-state index is 0.0144. The van der Waals surface area contributed by atoms with Crippen molar-refractivity contribution in [3.63, 3.8) is 0 Å². The number of sulfonamides is 1. The summed E-state index contributed by atoms with van der Waals surface area (Å²) in [6.45, 7) is 10.1. The summed E-state index contributed by atoms with van der Waals surface area (Å²) in [5.41, 5.74) is -0.0584. The number of methoxy groups -OCH3 is 1. The van der Waals surface area contributed by atoms with Crippen LogP contribution >= 0.6 is 0 Å². The van der Waals surface area contributed by atoms with E-state index in [0.717, 1.165) is 6.42 Å². The van der Waals surface area contributed by atoms with Crippen molar-refractivity contribution >= 4 is 21.6 Å². The third-order valence-corrected chi connectivity index (χ3v) is 6.90. The SMILES string of the molecule is COc1ccc(S(=O)(=O)N2C[C@H](C(=O)NC(C)(C)CC(C)(C)C)Oc3ccccc32)cc1. The molecule has 2 aromatic rings. The van der Waals surface area contributed by atoms with Crippen LogP contribution in [0.3, 0.4) is 0 Å². The van der Waals surface area contributed by atoms with Crippen LogP contribution in [0.15, 0.2) is 53.4 Å². The monoisotopic (exact) mass is 460 g/mol. The van der Waals surface area contributed by atoms with E-state index in [0.29, 0.717) is 17.2 Å². The van der Waals surface area contributed by atoms with E-state index in [2.05, 4.69) is 26.1 Å². The lowest BCUT2D eigenvalue weighted by atomic mass is 9.81. The average Bonchev–Trinajstić information content (AvgIpc) is 2.70. The Hall–Kier alpha value is -2.74. The maximum absolute atomic E-state index is 13.5. The van der Waals surface area contributed by atoms with Gasteiger partial charge < -0.3 is 14.8 Å². The van der Waals surface area contributed by atoms with Gasteiger partial charge >= 0.3 is 0 Å². The first-order chi connectivity index (χ1) is 14.8. The number of benzene rings is 2. The molecule has 1 heterocycles. The second kappa shape index (κ2) is 8.65. The van der Waals surface area contributed by atoms with E-state index in [1.807, 2.05) is 13.8 Å². The van der Waals surface area contributed by atoms with Crippen LogP contribution in [0.2, 0.25) is 0 Å². The van der Waals surface area contributed by atoms with Crippen molar-refractivity contribution in [1.29, 1.82) is 0 Å². The van der Waals surface area contributed by atoms with Gasteiger partial charge in [0.1, 0.15) is 11.5 Å². The largest absolute Gasteiger partial charge is 0.497 e. The number of para-hydroxylation sites is 2. The van der Waals surface area contributed by atoms with Gasteiger partial charge in [-0.1, -0.05) is 32.9 Å². The second-order valence-corrected chi connectivity index (χ2v) is 11.8. The zero-order valence-electron chi connectivity index (χ0n) is 19.5. The summed E-state index contributed by atoms with van der Waals surface area (Å²) in [4.78, 5) is 13.2. The predicted molar refractivity (Wildman–Crippen MR) is 125 cm³/mol. The second-order valence-electron chi connectivity index (χ2n) is 9.90. The van der Waals surface area contributed by atoms with Crippen molar-refractivity contribution < 1.29 is 22.7 Å². The van der Waals surface area contributed by atoms with Crippen LogP contribution in [0.4, 0.5) is 5.69 Å². The van der Waals surface area contributed by atoms with Crippen molar-refractivity contribution in [2.45, 2.75) is 57.6 Å². The Bertz CT molecular complexity index is 1070. The van der Waals surface area contributed by atoms with Gasteiger partial charge in [-0.05, 0) is 62.1 Å². The van der Waals surface area contributed by atoms with Crippen LogP contribution in [0.25, 0.3) is 0 Å². The molecule has 7 nitrogen and oxygen atoms in total. The molecule has 1 atom stereocenters. The number of rotatable bonds is 6. The Kier molecular flexibility index (Phi) is 6.47. The van der Waals surface area contributed by atoms with Crippen LogP contribution in [0, 0.1) is 5.41 Å². The molecule has 8 heteroatoms. The van der Waals surface area contributed by atoms with Gasteiger partial charge in [0.05, 0.1) is 24.2 Å². The molecule has 1 aliphatic heterocycles. The number of amides is 1. The average molecular weight is 461 g/mol. The topological polar surface area (TPSA) is 84.9 Å². The van der Waals surface area contributed by atoms with Gasteiger partial charge in [0, 0.05) is 5.54 Å². The molecule has 32 heavy (non-hydrogen) atoms. The Morgan fingerprint density at radius 2 is 1.72 bits per heavy atom. The summed E-state index contributed by atoms with van der Waals surface area (Å²) in [6, 6.07) is 13.0. The maximum atomic E-state index is 13.5. The Morgan fingerprint density at radius 3 is 2.31 bits per heavy atom. The van der Waals surface area contributed by atoms with Crippen LogP contribution in [0.1, 0.15) is 41.0 Å². The molecule has 1 aliphatic rings. The van der Waals surface area contributed by atoms with Gasteiger partial charge in [0.2, 0.25) is 0 Å². The van der Waals surface area contributed by atoms with E-state index in [9.17, 15) is 13.2 Å². The summed E-state index contributed by atoms with van der Waals surface area (Å²) >= 11 is 0. The smallest absolute Gasteiger partial charge is 0.264 e. The number of carbonyl (C=O) groups excluding carboxylic acids is 1. The summed E-state index contributed by atoms with van der Waals surface area (Å²) in [7, 11) is -2.40. The molecule has 0 radical (unpaired) electrons. The normalized spacial score (nSPS) is 16.7. The summed E-state index contributed by atoms with van der Waals surface area (Å²) < 4.78 is 39.3. The molecule has 1 N–H and O–H groups in total. The van der Waals surface area contributed by atoms with Gasteiger partial charge in [0.25, 0.3) is 15.9 Å². The van der Waals surface area contributed by atoms with E-state index in [1.54, 1.807) is 36.4 Å². The van der Waals surface area contributed by atoms with Crippen LogP contribution in [-0.4, -0.2) is 39.6 Å². The Balaban J connectivity index is 1.91. The molecule has 174 valence electrons. The van der Waals surface area contributed by atoms with E-state index < -0.39 is 21.7 Å². The highest BCUT2D eigenvalue weighted by Crippen LogP contribution is 2.37. The minimum atomic E-state index is -3.92. The highest BCUT2D eigenvalue weighted by Gasteiger charge is 2.39. The zero-order chi connectivity index (χ0) is 23.7. The third-order valence-electron chi connectivity index (χ3n) is 5.11. The number of hydrogen-bond donors (Lipinski definition) is 1. The molecule has 0 unspecified atom stereocenters. The molecule has 2 aromatic carbocycles. The van der Waals surface area contributed by atoms with Gasteiger partial charge in [-0.2, -0.15) is 0 Å². The summed E-state index contributed by atoms with van der Waals surface area (Å²) in [5, 5.41) is 3.04. The minimum Gasteiger partial charge on any atom is -0.497 e. The molecular weight excluding hydrogens is 428 g/mol. The molecule has 0 aliphatic carbocycles. The van der Waals surface area contributed by atoms with Crippen molar-refractivity contribution in [3.8, 4) is 11.5 Å². The maximum Gasteiger partial charge on any atom is 0.264 e. The van der Waals surface area contributed by atoms with Crippen molar-refractivity contribution in [1.82, 2.24) is 5.32 Å². The van der Waals surface area contributed by atoms with Crippen molar-refractivity contribution in [2.24, 2.45) is 5.41 Å². The quantitative estimate of drug-likeness (QED) is 0.705. The molecule has 0 fully saturated rings. The number of nitrogens with zero attached hydrogens (tertiary/aromatic N) is 1. The number of anilines is 1. The molecule has 1 amide bonds. The summed E-state index contributed by atoms with van der Waals surface area (Å²) in [6.07, 6.45) is -0.222. The first kappa shape index (κ1) is 23.9. The molecule has 0 saturated heterocycles. The lowest BCUT2D eigenvalue weighted by molar-refractivity contribution is -0.129.